The zero-order valence-electron chi connectivity index (χ0n) is 19.3. The maximum absolute atomic E-state index is 13.1. The van der Waals surface area contributed by atoms with E-state index in [1.807, 2.05) is 39.8 Å². The van der Waals surface area contributed by atoms with Gasteiger partial charge in [0.05, 0.1) is 11.6 Å². The molecule has 2 aliphatic rings. The minimum Gasteiger partial charge on any atom is -0.326 e. The van der Waals surface area contributed by atoms with Crippen molar-refractivity contribution >= 4 is 23.3 Å². The van der Waals surface area contributed by atoms with E-state index >= 15 is 0 Å². The normalized spacial score (nSPS) is 18.2. The number of pyridine rings is 1. The Morgan fingerprint density at radius 1 is 0.971 bits per heavy atom. The lowest BCUT2D eigenvalue weighted by Crippen LogP contribution is -2.50. The molecule has 8 nitrogen and oxygen atoms in total. The summed E-state index contributed by atoms with van der Waals surface area (Å²) in [4.78, 5) is 39.0. The molecule has 35 heavy (non-hydrogen) atoms. The van der Waals surface area contributed by atoms with Crippen LogP contribution in [0.5, 0.6) is 0 Å². The highest BCUT2D eigenvalue weighted by atomic mass is 16.2. The summed E-state index contributed by atoms with van der Waals surface area (Å²) in [6.45, 7) is 3.11. The van der Waals surface area contributed by atoms with Gasteiger partial charge in [0, 0.05) is 61.2 Å². The highest BCUT2D eigenvalue weighted by Crippen LogP contribution is 2.40. The number of benzene rings is 2. The third kappa shape index (κ3) is 4.53. The molecule has 0 unspecified atom stereocenters. The molecule has 0 radical (unpaired) electrons. The maximum Gasteiger partial charge on any atom is 0.321 e. The SMILES string of the molecule is CC(=O)Nc1ccc(-c2ccc(=O)n3c2[C@@H]2C[C@@H](CN(C(=O)Nc4cccc(C#N)c4)C2)C3)cc1. The van der Waals surface area contributed by atoms with Gasteiger partial charge in [0.15, 0.2) is 0 Å². The van der Waals surface area contributed by atoms with Crippen LogP contribution in [0, 0.1) is 17.2 Å². The van der Waals surface area contributed by atoms with Gasteiger partial charge in [0.2, 0.25) is 5.91 Å². The fourth-order valence-electron chi connectivity index (χ4n) is 5.23. The second-order valence-corrected chi connectivity index (χ2v) is 9.17. The second kappa shape index (κ2) is 9.11. The number of aromatic nitrogens is 1. The van der Waals surface area contributed by atoms with Crippen LogP contribution in [0.15, 0.2) is 65.5 Å². The van der Waals surface area contributed by atoms with E-state index < -0.39 is 0 Å². The van der Waals surface area contributed by atoms with Crippen LogP contribution in [0.4, 0.5) is 16.2 Å². The molecule has 3 aromatic rings. The van der Waals surface area contributed by atoms with Gasteiger partial charge in [-0.2, -0.15) is 5.26 Å². The average molecular weight is 468 g/mol. The summed E-state index contributed by atoms with van der Waals surface area (Å²) in [5, 5.41) is 14.8. The van der Waals surface area contributed by atoms with E-state index in [2.05, 4.69) is 16.7 Å². The highest BCUT2D eigenvalue weighted by Gasteiger charge is 2.37. The topological polar surface area (TPSA) is 107 Å². The first-order valence-corrected chi connectivity index (χ1v) is 11.6. The largest absolute Gasteiger partial charge is 0.326 e. The standard InChI is InChI=1S/C27H25N5O3/c1-17(33)29-22-7-5-20(6-8-22)24-9-10-25(34)32-15-19-11-21(26(24)32)16-31(14-19)27(35)30-23-4-2-3-18(12-23)13-28/h2-10,12,19,21H,11,14-16H2,1H3,(H,29,33)(H,30,35)/t19-,21+/m0/s1. The number of anilines is 2. The van der Waals surface area contributed by atoms with E-state index in [0.29, 0.717) is 36.6 Å². The first-order valence-electron chi connectivity index (χ1n) is 11.6. The molecule has 0 aliphatic carbocycles. The van der Waals surface area contributed by atoms with Crippen LogP contribution in [-0.4, -0.2) is 34.5 Å². The molecule has 1 aromatic heterocycles. The summed E-state index contributed by atoms with van der Waals surface area (Å²) < 4.78 is 1.86. The van der Waals surface area contributed by atoms with E-state index in [9.17, 15) is 14.4 Å². The van der Waals surface area contributed by atoms with E-state index in [1.165, 1.54) is 6.92 Å². The van der Waals surface area contributed by atoms with Gasteiger partial charge in [-0.1, -0.05) is 18.2 Å². The molecular formula is C27H25N5O3. The Labute approximate surface area is 202 Å². The van der Waals surface area contributed by atoms with Crippen molar-refractivity contribution in [3.63, 3.8) is 0 Å². The number of carbonyl (C=O) groups excluding carboxylic acids is 2. The van der Waals surface area contributed by atoms with Crippen molar-refractivity contribution in [2.45, 2.75) is 25.8 Å². The van der Waals surface area contributed by atoms with Crippen molar-refractivity contribution in [1.29, 1.82) is 5.26 Å². The summed E-state index contributed by atoms with van der Waals surface area (Å²) in [6.07, 6.45) is 0.911. The summed E-state index contributed by atoms with van der Waals surface area (Å²) in [7, 11) is 0. The molecule has 2 N–H and O–H groups in total. The molecule has 176 valence electrons. The Kier molecular flexibility index (Phi) is 5.83. The fourth-order valence-corrected chi connectivity index (χ4v) is 5.23. The minimum atomic E-state index is -0.206. The van der Waals surface area contributed by atoms with Crippen LogP contribution in [0.25, 0.3) is 11.1 Å². The number of nitrogens with one attached hydrogen (secondary N) is 2. The molecule has 2 aliphatic heterocycles. The van der Waals surface area contributed by atoms with Gasteiger partial charge in [0.25, 0.3) is 5.56 Å². The molecule has 0 saturated carbocycles. The first kappa shape index (κ1) is 22.4. The van der Waals surface area contributed by atoms with Gasteiger partial charge in [-0.25, -0.2) is 4.79 Å². The lowest BCUT2D eigenvalue weighted by molar-refractivity contribution is -0.114. The van der Waals surface area contributed by atoms with E-state index in [0.717, 1.165) is 23.2 Å². The third-order valence-corrected chi connectivity index (χ3v) is 6.64. The Balaban J connectivity index is 1.43. The number of hydrogen-bond donors (Lipinski definition) is 2. The van der Waals surface area contributed by atoms with Gasteiger partial charge in [-0.3, -0.25) is 9.59 Å². The number of nitriles is 1. The van der Waals surface area contributed by atoms with Crippen LogP contribution in [0.3, 0.4) is 0 Å². The van der Waals surface area contributed by atoms with Gasteiger partial charge in [0.1, 0.15) is 0 Å². The molecule has 1 saturated heterocycles. The van der Waals surface area contributed by atoms with E-state index in [-0.39, 0.29) is 29.3 Å². The number of urea groups is 1. The lowest BCUT2D eigenvalue weighted by atomic mass is 9.80. The third-order valence-electron chi connectivity index (χ3n) is 6.64. The lowest BCUT2D eigenvalue weighted by Gasteiger charge is -2.43. The predicted octanol–water partition coefficient (Wildman–Crippen LogP) is 4.00. The van der Waals surface area contributed by atoms with Crippen molar-refractivity contribution in [3.8, 4) is 17.2 Å². The van der Waals surface area contributed by atoms with Crippen molar-refractivity contribution in [2.75, 3.05) is 23.7 Å². The molecule has 8 heteroatoms. The molecular weight excluding hydrogens is 442 g/mol. The Morgan fingerprint density at radius 3 is 2.51 bits per heavy atom. The molecule has 1 fully saturated rings. The quantitative estimate of drug-likeness (QED) is 0.607. The van der Waals surface area contributed by atoms with Gasteiger partial charge < -0.3 is 20.1 Å². The van der Waals surface area contributed by atoms with Gasteiger partial charge in [-0.15, -0.1) is 0 Å². The Bertz CT molecular complexity index is 1400. The number of carbonyl (C=O) groups is 2. The first-order chi connectivity index (χ1) is 16.9. The average Bonchev–Trinajstić information content (AvgIpc) is 2.85. The molecule has 3 amide bonds. The van der Waals surface area contributed by atoms with E-state index in [4.69, 9.17) is 5.26 Å². The molecule has 3 heterocycles. The minimum absolute atomic E-state index is 0.0256. The highest BCUT2D eigenvalue weighted by molar-refractivity contribution is 5.90. The summed E-state index contributed by atoms with van der Waals surface area (Å²) in [5.74, 6) is 0.0810. The van der Waals surface area contributed by atoms with Crippen LogP contribution >= 0.6 is 0 Å². The Hall–Kier alpha value is -4.38. The molecule has 2 aromatic carbocycles. The monoisotopic (exact) mass is 467 g/mol. The van der Waals surface area contributed by atoms with Crippen LogP contribution in [-0.2, 0) is 11.3 Å². The molecule has 5 rings (SSSR count). The number of fused-ring (bicyclic) bond motifs is 4. The smallest absolute Gasteiger partial charge is 0.321 e. The maximum atomic E-state index is 13.1. The number of piperidine rings is 1. The Morgan fingerprint density at radius 2 is 1.77 bits per heavy atom. The van der Waals surface area contributed by atoms with Crippen LogP contribution < -0.4 is 16.2 Å². The number of likely N-dealkylation sites (tertiary alicyclic amines) is 1. The summed E-state index contributed by atoms with van der Waals surface area (Å²) >= 11 is 0. The molecule has 2 atom stereocenters. The summed E-state index contributed by atoms with van der Waals surface area (Å²) in [5.41, 5.74) is 4.62. The number of hydrogen-bond acceptors (Lipinski definition) is 4. The van der Waals surface area contributed by atoms with Crippen LogP contribution in [0.1, 0.15) is 30.5 Å². The zero-order valence-corrected chi connectivity index (χ0v) is 19.3. The van der Waals surface area contributed by atoms with Crippen molar-refractivity contribution in [2.24, 2.45) is 5.92 Å². The van der Waals surface area contributed by atoms with Crippen molar-refractivity contribution < 1.29 is 9.59 Å². The van der Waals surface area contributed by atoms with E-state index in [1.54, 1.807) is 30.3 Å². The molecule has 2 bridgehead atoms. The van der Waals surface area contributed by atoms with Crippen molar-refractivity contribution in [1.82, 2.24) is 9.47 Å². The summed E-state index contributed by atoms with van der Waals surface area (Å²) in [6, 6.07) is 19.8. The number of nitrogens with zero attached hydrogens (tertiary/aromatic N) is 3. The zero-order chi connectivity index (χ0) is 24.5. The predicted molar refractivity (Wildman–Crippen MR) is 133 cm³/mol. The number of amides is 3. The second-order valence-electron chi connectivity index (χ2n) is 9.17. The molecule has 0 spiro atoms. The number of rotatable bonds is 3. The van der Waals surface area contributed by atoms with Crippen molar-refractivity contribution in [3.05, 3.63) is 82.3 Å². The van der Waals surface area contributed by atoms with Crippen LogP contribution in [0.2, 0.25) is 0 Å². The van der Waals surface area contributed by atoms with Gasteiger partial charge in [-0.05, 0) is 54.3 Å². The fraction of sp³-hybridized carbons (Fsp3) is 0.259. The van der Waals surface area contributed by atoms with Gasteiger partial charge >= 0.3 is 6.03 Å².